The Morgan fingerprint density at radius 2 is 1.59 bits per heavy atom. The monoisotopic (exact) mass is 314 g/mol. The summed E-state index contributed by atoms with van der Waals surface area (Å²) in [5.74, 6) is -0.0952. The summed E-state index contributed by atoms with van der Waals surface area (Å²) in [6, 6.07) is 18.1. The minimum atomic E-state index is -0.782. The second-order valence-electron chi connectivity index (χ2n) is 4.73. The number of nitrogens with two attached hydrogens (primary N) is 1. The first-order chi connectivity index (χ1) is 10.7. The maximum atomic E-state index is 12.0. The summed E-state index contributed by atoms with van der Waals surface area (Å²) in [6.07, 6.45) is 0.330. The molecule has 1 unspecified atom stereocenters. The van der Waals surface area contributed by atoms with Crippen molar-refractivity contribution in [3.05, 3.63) is 66.2 Å². The van der Waals surface area contributed by atoms with Crippen molar-refractivity contribution in [3.63, 3.8) is 0 Å². The number of carbonyl (C=O) groups excluding carboxylic acids is 2. The van der Waals surface area contributed by atoms with Gasteiger partial charge in [0.2, 0.25) is 11.8 Å². The van der Waals surface area contributed by atoms with E-state index in [0.29, 0.717) is 17.7 Å². The highest BCUT2D eigenvalue weighted by Crippen LogP contribution is 2.18. The van der Waals surface area contributed by atoms with Crippen molar-refractivity contribution in [3.8, 4) is 0 Å². The molecule has 22 heavy (non-hydrogen) atoms. The highest BCUT2D eigenvalue weighted by atomic mass is 32.2. The molecule has 4 nitrogen and oxygen atoms in total. The van der Waals surface area contributed by atoms with E-state index in [2.05, 4.69) is 5.32 Å². The standard InChI is InChI=1S/C17H18N2O2S/c18-17(21)16(13-7-3-1-4-8-13)19-15(20)11-12-22-14-9-5-2-6-10-14/h1-10,16H,11-12H2,(H2,18,21)(H,19,20). The van der Waals surface area contributed by atoms with Crippen LogP contribution < -0.4 is 11.1 Å². The van der Waals surface area contributed by atoms with Crippen molar-refractivity contribution in [1.29, 1.82) is 0 Å². The second kappa shape index (κ2) is 8.24. The molecule has 2 rings (SSSR count). The molecule has 0 saturated carbocycles. The lowest BCUT2D eigenvalue weighted by molar-refractivity contribution is -0.127. The van der Waals surface area contributed by atoms with Gasteiger partial charge in [0.05, 0.1) is 0 Å². The van der Waals surface area contributed by atoms with E-state index in [0.717, 1.165) is 4.90 Å². The van der Waals surface area contributed by atoms with Crippen molar-refractivity contribution in [2.45, 2.75) is 17.4 Å². The molecule has 1 atom stereocenters. The van der Waals surface area contributed by atoms with E-state index in [1.54, 1.807) is 23.9 Å². The highest BCUT2D eigenvalue weighted by Gasteiger charge is 2.19. The van der Waals surface area contributed by atoms with Crippen molar-refractivity contribution in [2.75, 3.05) is 5.75 Å². The van der Waals surface area contributed by atoms with Crippen LogP contribution >= 0.6 is 11.8 Å². The molecule has 0 radical (unpaired) electrons. The molecule has 0 heterocycles. The smallest absolute Gasteiger partial charge is 0.244 e. The molecular weight excluding hydrogens is 296 g/mol. The minimum absolute atomic E-state index is 0.184. The Hall–Kier alpha value is -2.27. The summed E-state index contributed by atoms with van der Waals surface area (Å²) in [4.78, 5) is 24.6. The Morgan fingerprint density at radius 3 is 2.18 bits per heavy atom. The molecule has 0 spiro atoms. The largest absolute Gasteiger partial charge is 0.368 e. The Labute approximate surface area is 134 Å². The van der Waals surface area contributed by atoms with Crippen molar-refractivity contribution >= 4 is 23.6 Å². The van der Waals surface area contributed by atoms with E-state index in [-0.39, 0.29) is 5.91 Å². The van der Waals surface area contributed by atoms with E-state index in [1.165, 1.54) is 0 Å². The maximum Gasteiger partial charge on any atom is 0.244 e. The van der Waals surface area contributed by atoms with E-state index < -0.39 is 11.9 Å². The number of nitrogens with one attached hydrogen (secondary N) is 1. The van der Waals surface area contributed by atoms with Gasteiger partial charge in [-0.05, 0) is 17.7 Å². The number of thioether (sulfide) groups is 1. The zero-order valence-corrected chi connectivity index (χ0v) is 12.9. The topological polar surface area (TPSA) is 72.2 Å². The first kappa shape index (κ1) is 16.1. The summed E-state index contributed by atoms with van der Waals surface area (Å²) in [6.45, 7) is 0. The van der Waals surface area contributed by atoms with Gasteiger partial charge in [0.15, 0.2) is 0 Å². The normalized spacial score (nSPS) is 11.6. The second-order valence-corrected chi connectivity index (χ2v) is 5.89. The summed E-state index contributed by atoms with van der Waals surface area (Å²) in [7, 11) is 0. The number of hydrogen-bond donors (Lipinski definition) is 2. The predicted molar refractivity (Wildman–Crippen MR) is 88.3 cm³/mol. The van der Waals surface area contributed by atoms with Gasteiger partial charge in [-0.25, -0.2) is 0 Å². The fourth-order valence-electron chi connectivity index (χ4n) is 1.98. The van der Waals surface area contributed by atoms with Crippen LogP contribution in [0.1, 0.15) is 18.0 Å². The van der Waals surface area contributed by atoms with Crippen LogP contribution in [0.4, 0.5) is 0 Å². The Balaban J connectivity index is 1.85. The molecule has 2 aromatic rings. The zero-order valence-electron chi connectivity index (χ0n) is 12.1. The molecule has 0 aliphatic rings. The van der Waals surface area contributed by atoms with Gasteiger partial charge in [0.25, 0.3) is 0 Å². The molecule has 5 heteroatoms. The van der Waals surface area contributed by atoms with Gasteiger partial charge in [-0.2, -0.15) is 0 Å². The molecule has 114 valence electrons. The van der Waals surface area contributed by atoms with Gasteiger partial charge in [-0.15, -0.1) is 11.8 Å². The number of hydrogen-bond acceptors (Lipinski definition) is 3. The Morgan fingerprint density at radius 1 is 1.00 bits per heavy atom. The molecule has 3 N–H and O–H groups in total. The zero-order chi connectivity index (χ0) is 15.8. The lowest BCUT2D eigenvalue weighted by Gasteiger charge is -2.15. The van der Waals surface area contributed by atoms with E-state index in [4.69, 9.17) is 5.73 Å². The fraction of sp³-hybridized carbons (Fsp3) is 0.176. The van der Waals surface area contributed by atoms with Gasteiger partial charge in [0, 0.05) is 17.1 Å². The van der Waals surface area contributed by atoms with Crippen LogP contribution in [0.15, 0.2) is 65.6 Å². The van der Waals surface area contributed by atoms with E-state index >= 15 is 0 Å². The minimum Gasteiger partial charge on any atom is -0.368 e. The van der Waals surface area contributed by atoms with Crippen LogP contribution in [0.25, 0.3) is 0 Å². The molecular formula is C17H18N2O2S. The van der Waals surface area contributed by atoms with Gasteiger partial charge in [-0.1, -0.05) is 48.5 Å². The third kappa shape index (κ3) is 4.93. The summed E-state index contributed by atoms with van der Waals surface area (Å²) in [5, 5.41) is 2.69. The highest BCUT2D eigenvalue weighted by molar-refractivity contribution is 7.99. The number of rotatable bonds is 7. The average molecular weight is 314 g/mol. The predicted octanol–water partition coefficient (Wildman–Crippen LogP) is 2.51. The summed E-state index contributed by atoms with van der Waals surface area (Å²) >= 11 is 1.60. The molecule has 0 fully saturated rings. The van der Waals surface area contributed by atoms with Crippen LogP contribution in [-0.2, 0) is 9.59 Å². The van der Waals surface area contributed by atoms with Crippen molar-refractivity contribution in [2.24, 2.45) is 5.73 Å². The van der Waals surface area contributed by atoms with Crippen LogP contribution in [0.3, 0.4) is 0 Å². The molecule has 0 aliphatic carbocycles. The van der Waals surface area contributed by atoms with Crippen LogP contribution in [0.2, 0.25) is 0 Å². The van der Waals surface area contributed by atoms with Crippen molar-refractivity contribution in [1.82, 2.24) is 5.32 Å². The SMILES string of the molecule is NC(=O)C(NC(=O)CCSc1ccccc1)c1ccccc1. The average Bonchev–Trinajstić information content (AvgIpc) is 2.54. The van der Waals surface area contributed by atoms with Crippen molar-refractivity contribution < 1.29 is 9.59 Å². The van der Waals surface area contributed by atoms with E-state index in [1.807, 2.05) is 48.5 Å². The molecule has 0 bridgehead atoms. The van der Waals surface area contributed by atoms with Crippen LogP contribution in [0, 0.1) is 0 Å². The Kier molecular flexibility index (Phi) is 6.03. The molecule has 0 aliphatic heterocycles. The van der Waals surface area contributed by atoms with Gasteiger partial charge in [0.1, 0.15) is 6.04 Å². The summed E-state index contributed by atoms with van der Waals surface area (Å²) in [5.41, 5.74) is 6.07. The fourth-order valence-corrected chi connectivity index (χ4v) is 2.85. The number of carbonyl (C=O) groups is 2. The van der Waals surface area contributed by atoms with Crippen LogP contribution in [0.5, 0.6) is 0 Å². The Bertz CT molecular complexity index is 617. The van der Waals surface area contributed by atoms with Crippen LogP contribution in [-0.4, -0.2) is 17.6 Å². The first-order valence-corrected chi connectivity index (χ1v) is 7.97. The lowest BCUT2D eigenvalue weighted by Crippen LogP contribution is -2.37. The van der Waals surface area contributed by atoms with Gasteiger partial charge in [-0.3, -0.25) is 9.59 Å². The quantitative estimate of drug-likeness (QED) is 0.771. The maximum absolute atomic E-state index is 12.0. The van der Waals surface area contributed by atoms with Gasteiger partial charge < -0.3 is 11.1 Å². The van der Waals surface area contributed by atoms with Gasteiger partial charge >= 0.3 is 0 Å². The molecule has 0 aromatic heterocycles. The molecule has 2 amide bonds. The third-order valence-corrected chi connectivity index (χ3v) is 4.08. The lowest BCUT2D eigenvalue weighted by atomic mass is 10.1. The molecule has 2 aromatic carbocycles. The number of primary amides is 1. The first-order valence-electron chi connectivity index (χ1n) is 6.98. The molecule has 0 saturated heterocycles. The summed E-state index contributed by atoms with van der Waals surface area (Å²) < 4.78 is 0. The number of amides is 2. The van der Waals surface area contributed by atoms with E-state index in [9.17, 15) is 9.59 Å². The number of benzene rings is 2. The third-order valence-electron chi connectivity index (χ3n) is 3.06.